The van der Waals surface area contributed by atoms with Crippen LogP contribution in [-0.4, -0.2) is 19.5 Å². The fourth-order valence-electron chi connectivity index (χ4n) is 6.94. The Morgan fingerprint density at radius 3 is 1.30 bits per heavy atom. The van der Waals surface area contributed by atoms with Crippen LogP contribution in [0.4, 0.5) is 0 Å². The smallest absolute Gasteiger partial charge is 0.164 e. The van der Waals surface area contributed by atoms with Gasteiger partial charge in [0.15, 0.2) is 17.5 Å². The summed E-state index contributed by atoms with van der Waals surface area (Å²) in [6, 6.07) is 50.2. The third-order valence-corrected chi connectivity index (χ3v) is 9.01. The highest BCUT2D eigenvalue weighted by Crippen LogP contribution is 2.44. The molecule has 7 aromatic carbocycles. The van der Waals surface area contributed by atoms with Crippen molar-refractivity contribution >= 4 is 54.5 Å². The topological polar surface area (TPSA) is 56.7 Å². The van der Waals surface area contributed by atoms with Crippen LogP contribution in [0.3, 0.4) is 0 Å². The second kappa shape index (κ2) is 9.58. The predicted octanol–water partition coefficient (Wildman–Crippen LogP) is 10.5. The van der Waals surface area contributed by atoms with Gasteiger partial charge in [-0.25, -0.2) is 15.0 Å². The largest absolute Gasteiger partial charge is 0.456 e. The van der Waals surface area contributed by atoms with Crippen LogP contribution < -0.4 is 0 Å². The fraction of sp³-hybridized carbons (Fsp3) is 0. The highest BCUT2D eigenvalue weighted by Gasteiger charge is 2.21. The van der Waals surface area contributed by atoms with Gasteiger partial charge in [0.1, 0.15) is 11.2 Å². The molecule has 0 aliphatic heterocycles. The molecule has 0 unspecified atom stereocenters. The summed E-state index contributed by atoms with van der Waals surface area (Å²) in [7, 11) is 0. The maximum Gasteiger partial charge on any atom is 0.164 e. The molecule has 3 heterocycles. The monoisotopic (exact) mass is 588 g/mol. The highest BCUT2D eigenvalue weighted by atomic mass is 16.3. The molecule has 0 amide bonds. The number of rotatable bonds is 4. The van der Waals surface area contributed by atoms with E-state index in [-0.39, 0.29) is 0 Å². The van der Waals surface area contributed by atoms with Crippen molar-refractivity contribution in [3.05, 3.63) is 146 Å². The summed E-state index contributed by atoms with van der Waals surface area (Å²) in [4.78, 5) is 14.7. The van der Waals surface area contributed by atoms with Crippen LogP contribution in [-0.2, 0) is 0 Å². The number of hydrogen-bond donors (Lipinski definition) is 0. The van der Waals surface area contributed by atoms with E-state index in [1.165, 1.54) is 21.5 Å². The van der Waals surface area contributed by atoms with E-state index in [0.29, 0.717) is 17.5 Å². The molecule has 5 heteroatoms. The lowest BCUT2D eigenvalue weighted by Gasteiger charge is -2.11. The molecule has 0 N–H and O–H groups in total. The Labute approximate surface area is 263 Å². The molecular formula is C41H24N4O. The van der Waals surface area contributed by atoms with Crippen LogP contribution in [0.25, 0.3) is 94.4 Å². The van der Waals surface area contributed by atoms with Crippen molar-refractivity contribution in [3.63, 3.8) is 0 Å². The first-order chi connectivity index (χ1) is 22.8. The Balaban J connectivity index is 1.19. The van der Waals surface area contributed by atoms with Gasteiger partial charge in [-0.2, -0.15) is 0 Å². The van der Waals surface area contributed by atoms with Gasteiger partial charge in [0.2, 0.25) is 0 Å². The molecule has 0 radical (unpaired) electrons. The zero-order valence-corrected chi connectivity index (χ0v) is 24.6. The van der Waals surface area contributed by atoms with E-state index in [4.69, 9.17) is 19.4 Å². The maximum absolute atomic E-state index is 6.58. The molecule has 0 spiro atoms. The lowest BCUT2D eigenvalue weighted by molar-refractivity contribution is 0.664. The molecule has 0 saturated heterocycles. The molecule has 0 bridgehead atoms. The predicted molar refractivity (Wildman–Crippen MR) is 186 cm³/mol. The van der Waals surface area contributed by atoms with E-state index in [2.05, 4.69) is 89.5 Å². The third-order valence-electron chi connectivity index (χ3n) is 9.01. The standard InChI is InChI=1S/C41H24N4O/c1-3-9-27(10-4-1)39-42-40(28-11-5-2-6-12-28)44-41(43-39)29-17-21-30(22-18-29)45-31-23-19-25-13-7-15-33-35(25)37(31)38-32(45)24-20-26-14-8-16-34(46-33)36(26)38/h1-24H. The van der Waals surface area contributed by atoms with E-state index in [0.717, 1.165) is 55.3 Å². The van der Waals surface area contributed by atoms with Gasteiger partial charge < -0.3 is 8.98 Å². The van der Waals surface area contributed by atoms with Gasteiger partial charge in [0.05, 0.1) is 11.0 Å². The van der Waals surface area contributed by atoms with Crippen molar-refractivity contribution in [1.29, 1.82) is 0 Å². The number of benzene rings is 7. The van der Waals surface area contributed by atoms with Crippen LogP contribution in [0, 0.1) is 0 Å². The van der Waals surface area contributed by atoms with Gasteiger partial charge in [-0.1, -0.05) is 97.1 Å². The van der Waals surface area contributed by atoms with Crippen molar-refractivity contribution in [3.8, 4) is 39.9 Å². The van der Waals surface area contributed by atoms with E-state index in [1.54, 1.807) is 0 Å². The van der Waals surface area contributed by atoms with Gasteiger partial charge in [-0.3, -0.25) is 0 Å². The first-order valence-corrected chi connectivity index (χ1v) is 15.4. The lowest BCUT2D eigenvalue weighted by Crippen LogP contribution is -2.00. The molecule has 10 rings (SSSR count). The van der Waals surface area contributed by atoms with E-state index >= 15 is 0 Å². The average Bonchev–Trinajstić information content (AvgIpc) is 3.38. The Morgan fingerprint density at radius 1 is 0.370 bits per heavy atom. The normalized spacial score (nSPS) is 11.9. The zero-order chi connectivity index (χ0) is 30.2. The Morgan fingerprint density at radius 2 is 0.826 bits per heavy atom. The highest BCUT2D eigenvalue weighted by molar-refractivity contribution is 6.33. The van der Waals surface area contributed by atoms with Gasteiger partial charge in [-0.05, 0) is 59.3 Å². The minimum atomic E-state index is 0.638. The van der Waals surface area contributed by atoms with Crippen LogP contribution in [0.1, 0.15) is 0 Å². The Bertz CT molecular complexity index is 2570. The first kappa shape index (κ1) is 25.0. The number of nitrogens with zero attached hydrogens (tertiary/aromatic N) is 4. The van der Waals surface area contributed by atoms with Gasteiger partial charge in [0, 0.05) is 43.9 Å². The summed E-state index contributed by atoms with van der Waals surface area (Å²) >= 11 is 0. The Hall–Kier alpha value is -6.33. The minimum Gasteiger partial charge on any atom is -0.456 e. The van der Waals surface area contributed by atoms with E-state index in [9.17, 15) is 0 Å². The molecule has 214 valence electrons. The zero-order valence-electron chi connectivity index (χ0n) is 24.6. The molecule has 10 aromatic rings. The molecular weight excluding hydrogens is 564 g/mol. The summed E-state index contributed by atoms with van der Waals surface area (Å²) in [5.74, 6) is 1.94. The maximum atomic E-state index is 6.58. The van der Waals surface area contributed by atoms with Gasteiger partial charge in [-0.15, -0.1) is 0 Å². The summed E-state index contributed by atoms with van der Waals surface area (Å²) in [5.41, 5.74) is 7.97. The lowest BCUT2D eigenvalue weighted by atomic mass is 10.00. The molecule has 46 heavy (non-hydrogen) atoms. The molecule has 0 aliphatic carbocycles. The van der Waals surface area contributed by atoms with Crippen molar-refractivity contribution in [2.45, 2.75) is 0 Å². The van der Waals surface area contributed by atoms with Crippen molar-refractivity contribution in [1.82, 2.24) is 19.5 Å². The first-order valence-electron chi connectivity index (χ1n) is 15.4. The third kappa shape index (κ3) is 3.66. The molecule has 0 aliphatic rings. The van der Waals surface area contributed by atoms with E-state index < -0.39 is 0 Å². The van der Waals surface area contributed by atoms with Crippen molar-refractivity contribution in [2.75, 3.05) is 0 Å². The summed E-state index contributed by atoms with van der Waals surface area (Å²) in [6.45, 7) is 0. The SMILES string of the molecule is c1ccc(-c2nc(-c3ccccc3)nc(-c3ccc(-n4c5ccc6cccc7oc8cccc9ccc4c(c98)c5c67)cc3)n2)cc1. The van der Waals surface area contributed by atoms with Crippen LogP contribution in [0.5, 0.6) is 0 Å². The summed E-state index contributed by atoms with van der Waals surface area (Å²) in [6.07, 6.45) is 0. The second-order valence-corrected chi connectivity index (χ2v) is 11.7. The van der Waals surface area contributed by atoms with Crippen LogP contribution >= 0.6 is 0 Å². The molecule has 3 aromatic heterocycles. The van der Waals surface area contributed by atoms with Gasteiger partial charge in [0.25, 0.3) is 0 Å². The Kier molecular flexibility index (Phi) is 5.22. The number of aromatic nitrogens is 4. The summed E-state index contributed by atoms with van der Waals surface area (Å²) < 4.78 is 8.95. The molecule has 0 fully saturated rings. The molecule has 5 nitrogen and oxygen atoms in total. The number of hydrogen-bond acceptors (Lipinski definition) is 4. The average molecular weight is 589 g/mol. The van der Waals surface area contributed by atoms with Crippen LogP contribution in [0.15, 0.2) is 150 Å². The van der Waals surface area contributed by atoms with Crippen molar-refractivity contribution in [2.24, 2.45) is 0 Å². The van der Waals surface area contributed by atoms with Crippen LogP contribution in [0.2, 0.25) is 0 Å². The second-order valence-electron chi connectivity index (χ2n) is 11.7. The van der Waals surface area contributed by atoms with Crippen molar-refractivity contribution < 1.29 is 4.42 Å². The van der Waals surface area contributed by atoms with Gasteiger partial charge >= 0.3 is 0 Å². The minimum absolute atomic E-state index is 0.638. The fourth-order valence-corrected chi connectivity index (χ4v) is 6.94. The quantitative estimate of drug-likeness (QED) is 0.205. The molecule has 0 atom stereocenters. The summed E-state index contributed by atoms with van der Waals surface area (Å²) in [5, 5.41) is 7.08. The van der Waals surface area contributed by atoms with E-state index in [1.807, 2.05) is 60.7 Å². The molecule has 0 saturated carbocycles.